The van der Waals surface area contributed by atoms with Crippen LogP contribution in [-0.4, -0.2) is 48.0 Å². The number of anilines is 1. The van der Waals surface area contributed by atoms with Crippen LogP contribution in [-0.2, 0) is 10.3 Å². The predicted molar refractivity (Wildman–Crippen MR) is 126 cm³/mol. The van der Waals surface area contributed by atoms with Gasteiger partial charge in [-0.1, -0.05) is 19.1 Å². The summed E-state index contributed by atoms with van der Waals surface area (Å²) in [6, 6.07) is 8.03. The number of rotatable bonds is 8. The first kappa shape index (κ1) is 23.7. The van der Waals surface area contributed by atoms with Gasteiger partial charge in [-0.15, -0.1) is 0 Å². The van der Waals surface area contributed by atoms with Crippen LogP contribution in [0.5, 0.6) is 0 Å². The maximum Gasteiger partial charge on any atom is 0.291 e. The number of benzene rings is 1. The van der Waals surface area contributed by atoms with Gasteiger partial charge < -0.3 is 19.9 Å². The van der Waals surface area contributed by atoms with Crippen molar-refractivity contribution < 1.29 is 9.53 Å². The number of hydrogen-bond acceptors (Lipinski definition) is 5. The van der Waals surface area contributed by atoms with Crippen molar-refractivity contribution in [2.24, 2.45) is 5.92 Å². The summed E-state index contributed by atoms with van der Waals surface area (Å²) in [5, 5.41) is 12.0. The quantitative estimate of drug-likeness (QED) is 0.634. The number of carbonyl (C=O) groups excluding carboxylic acids is 1. The van der Waals surface area contributed by atoms with Crippen molar-refractivity contribution in [2.75, 3.05) is 32.6 Å². The number of hydrogen-bond donors (Lipinski definition) is 2. The fourth-order valence-corrected chi connectivity index (χ4v) is 3.74. The molecule has 1 aromatic carbocycles. The van der Waals surface area contributed by atoms with E-state index in [1.165, 1.54) is 11.8 Å². The molecule has 1 aliphatic rings. The summed E-state index contributed by atoms with van der Waals surface area (Å²) in [5.41, 5.74) is 3.84. The fourth-order valence-electron chi connectivity index (χ4n) is 3.74. The van der Waals surface area contributed by atoms with Gasteiger partial charge in [-0.25, -0.2) is 4.98 Å². The fraction of sp³-hybridized carbons (Fsp3) is 0.480. The molecule has 1 heterocycles. The van der Waals surface area contributed by atoms with Gasteiger partial charge in [-0.05, 0) is 76.4 Å². The predicted octanol–water partition coefficient (Wildman–Crippen LogP) is 4.55. The van der Waals surface area contributed by atoms with E-state index in [1.54, 1.807) is 0 Å². The van der Waals surface area contributed by atoms with Crippen LogP contribution in [0.1, 0.15) is 67.5 Å². The normalized spacial score (nSPS) is 16.5. The molecule has 2 N–H and O–H groups in total. The Morgan fingerprint density at radius 3 is 2.81 bits per heavy atom. The number of likely N-dealkylation sites (N-methyl/N-ethyl adjacent to an activating group) is 1. The van der Waals surface area contributed by atoms with Crippen molar-refractivity contribution in [3.63, 3.8) is 0 Å². The molecule has 0 radical (unpaired) electrons. The van der Waals surface area contributed by atoms with Crippen LogP contribution in [0, 0.1) is 17.2 Å². The molecule has 0 aliphatic heterocycles. The molecule has 0 saturated carbocycles. The number of imidazole rings is 1. The lowest BCUT2D eigenvalue weighted by Crippen LogP contribution is -2.27. The van der Waals surface area contributed by atoms with E-state index < -0.39 is 5.60 Å². The standard InChI is InChI=1S/C25H33N5O2/c1-17-6-8-18(9-7-17)21-14-19(25(2,3)32-13-12-30(4)5)10-11-22(21)29-24(31)23-27-16-20(15-26)28-23/h8,10-11,14,16-17H,6-7,9,12-13H2,1-5H3,(H,27,28)(H,29,31). The summed E-state index contributed by atoms with van der Waals surface area (Å²) in [4.78, 5) is 21.6. The second-order valence-electron chi connectivity index (χ2n) is 9.24. The zero-order chi connectivity index (χ0) is 23.3. The second kappa shape index (κ2) is 10.1. The van der Waals surface area contributed by atoms with Crippen LogP contribution in [0.3, 0.4) is 0 Å². The van der Waals surface area contributed by atoms with Gasteiger partial charge in [0.05, 0.1) is 18.4 Å². The SMILES string of the molecule is CC1CC=C(c2cc(C(C)(C)OCCN(C)C)ccc2NC(=O)c2ncc(C#N)[nH]2)CC1. The molecule has 2 aromatic rings. The van der Waals surface area contributed by atoms with Crippen LogP contribution in [0.4, 0.5) is 5.69 Å². The maximum atomic E-state index is 12.8. The van der Waals surface area contributed by atoms with Crippen molar-refractivity contribution in [3.05, 3.63) is 53.1 Å². The molecule has 0 saturated heterocycles. The molecular formula is C25H33N5O2. The minimum absolute atomic E-state index is 0.121. The number of aromatic nitrogens is 2. The molecule has 32 heavy (non-hydrogen) atoms. The molecule has 1 atom stereocenters. The number of amides is 1. The molecule has 7 nitrogen and oxygen atoms in total. The molecular weight excluding hydrogens is 402 g/mol. The summed E-state index contributed by atoms with van der Waals surface area (Å²) in [5.74, 6) is 0.417. The molecule has 0 bridgehead atoms. The van der Waals surface area contributed by atoms with Gasteiger partial charge >= 0.3 is 0 Å². The molecule has 0 fully saturated rings. The Hall–Kier alpha value is -2.95. The van der Waals surface area contributed by atoms with Gasteiger partial charge in [-0.3, -0.25) is 4.79 Å². The molecule has 1 aliphatic carbocycles. The van der Waals surface area contributed by atoms with Crippen molar-refractivity contribution >= 4 is 17.2 Å². The van der Waals surface area contributed by atoms with Crippen LogP contribution in [0.15, 0.2) is 30.5 Å². The summed E-state index contributed by atoms with van der Waals surface area (Å²) in [6.45, 7) is 7.89. The van der Waals surface area contributed by atoms with E-state index in [-0.39, 0.29) is 17.4 Å². The topological polar surface area (TPSA) is 94.0 Å². The number of nitriles is 1. The largest absolute Gasteiger partial charge is 0.370 e. The number of nitrogens with zero attached hydrogens (tertiary/aromatic N) is 3. The van der Waals surface area contributed by atoms with E-state index in [0.29, 0.717) is 12.5 Å². The summed E-state index contributed by atoms with van der Waals surface area (Å²) < 4.78 is 6.20. The smallest absolute Gasteiger partial charge is 0.291 e. The zero-order valence-corrected chi connectivity index (χ0v) is 19.7. The van der Waals surface area contributed by atoms with Gasteiger partial charge in [0.15, 0.2) is 5.82 Å². The Labute approximate surface area is 190 Å². The van der Waals surface area contributed by atoms with Crippen molar-refractivity contribution in [2.45, 2.75) is 45.6 Å². The highest BCUT2D eigenvalue weighted by molar-refractivity contribution is 6.03. The first-order chi connectivity index (χ1) is 15.2. The monoisotopic (exact) mass is 435 g/mol. The summed E-state index contributed by atoms with van der Waals surface area (Å²) in [7, 11) is 4.06. The molecule has 1 aromatic heterocycles. The van der Waals surface area contributed by atoms with Crippen molar-refractivity contribution in [1.29, 1.82) is 5.26 Å². The Morgan fingerprint density at radius 1 is 1.41 bits per heavy atom. The number of aromatic amines is 1. The lowest BCUT2D eigenvalue weighted by atomic mass is 9.85. The van der Waals surface area contributed by atoms with E-state index >= 15 is 0 Å². The van der Waals surface area contributed by atoms with E-state index in [9.17, 15) is 4.79 Å². The number of allylic oxidation sites excluding steroid dienone is 2. The average molecular weight is 436 g/mol. The first-order valence-corrected chi connectivity index (χ1v) is 11.1. The Kier molecular flexibility index (Phi) is 7.49. The number of H-pyrrole nitrogens is 1. The number of ether oxygens (including phenoxy) is 1. The van der Waals surface area contributed by atoms with Gasteiger partial charge in [0.1, 0.15) is 11.8 Å². The Morgan fingerprint density at radius 2 is 2.19 bits per heavy atom. The van der Waals surface area contributed by atoms with Crippen molar-refractivity contribution in [1.82, 2.24) is 14.9 Å². The van der Waals surface area contributed by atoms with Crippen LogP contribution in [0.2, 0.25) is 0 Å². The third-order valence-electron chi connectivity index (χ3n) is 5.89. The van der Waals surface area contributed by atoms with E-state index in [4.69, 9.17) is 10.00 Å². The Balaban J connectivity index is 1.90. The minimum atomic E-state index is -0.460. The highest BCUT2D eigenvalue weighted by Crippen LogP contribution is 2.37. The molecule has 7 heteroatoms. The lowest BCUT2D eigenvalue weighted by molar-refractivity contribution is -0.0268. The highest BCUT2D eigenvalue weighted by Gasteiger charge is 2.25. The van der Waals surface area contributed by atoms with Crippen LogP contribution >= 0.6 is 0 Å². The first-order valence-electron chi connectivity index (χ1n) is 11.1. The van der Waals surface area contributed by atoms with Crippen molar-refractivity contribution in [3.8, 4) is 6.07 Å². The molecule has 170 valence electrons. The van der Waals surface area contributed by atoms with E-state index in [0.717, 1.165) is 42.6 Å². The molecule has 3 rings (SSSR count). The Bertz CT molecular complexity index is 1030. The number of nitrogens with one attached hydrogen (secondary N) is 2. The van der Waals surface area contributed by atoms with Crippen LogP contribution in [0.25, 0.3) is 5.57 Å². The van der Waals surface area contributed by atoms with Gasteiger partial charge in [0.25, 0.3) is 5.91 Å². The zero-order valence-electron chi connectivity index (χ0n) is 19.7. The molecule has 1 unspecified atom stereocenters. The molecule has 1 amide bonds. The minimum Gasteiger partial charge on any atom is -0.370 e. The summed E-state index contributed by atoms with van der Waals surface area (Å²) >= 11 is 0. The van der Waals surface area contributed by atoms with Gasteiger partial charge in [0.2, 0.25) is 0 Å². The number of carbonyl (C=O) groups is 1. The second-order valence-corrected chi connectivity index (χ2v) is 9.24. The highest BCUT2D eigenvalue weighted by atomic mass is 16.5. The summed E-state index contributed by atoms with van der Waals surface area (Å²) in [6.07, 6.45) is 6.76. The third kappa shape index (κ3) is 5.84. The van der Waals surface area contributed by atoms with Crippen LogP contribution < -0.4 is 5.32 Å². The van der Waals surface area contributed by atoms with Gasteiger partial charge in [0, 0.05) is 17.8 Å². The average Bonchev–Trinajstić information content (AvgIpc) is 3.24. The van der Waals surface area contributed by atoms with E-state index in [2.05, 4.69) is 53.1 Å². The lowest BCUT2D eigenvalue weighted by Gasteiger charge is -2.29. The third-order valence-corrected chi connectivity index (χ3v) is 5.89. The van der Waals surface area contributed by atoms with Gasteiger partial charge in [-0.2, -0.15) is 5.26 Å². The van der Waals surface area contributed by atoms with E-state index in [1.807, 2.05) is 32.3 Å². The molecule has 0 spiro atoms. The maximum absolute atomic E-state index is 12.8.